The van der Waals surface area contributed by atoms with Gasteiger partial charge in [0.1, 0.15) is 0 Å². The van der Waals surface area contributed by atoms with Crippen LogP contribution in [0.3, 0.4) is 0 Å². The van der Waals surface area contributed by atoms with Crippen molar-refractivity contribution in [2.75, 3.05) is 13.7 Å². The van der Waals surface area contributed by atoms with Crippen molar-refractivity contribution in [1.82, 2.24) is 0 Å². The van der Waals surface area contributed by atoms with E-state index in [4.69, 9.17) is 14.6 Å². The van der Waals surface area contributed by atoms with E-state index in [0.29, 0.717) is 0 Å². The van der Waals surface area contributed by atoms with E-state index in [1.807, 2.05) is 0 Å². The van der Waals surface area contributed by atoms with Gasteiger partial charge in [-0.05, 0) is 6.55 Å². The second kappa shape index (κ2) is 4.04. The Morgan fingerprint density at radius 1 is 1.60 bits per heavy atom. The minimum Gasteiger partial charge on any atom is -0.411 e. The lowest BCUT2D eigenvalue weighted by Crippen LogP contribution is -2.38. The lowest BCUT2D eigenvalue weighted by atomic mass is 10.4. The third-order valence-corrected chi connectivity index (χ3v) is 3.37. The quantitative estimate of drug-likeness (QED) is 0.471. The zero-order valence-electron chi connectivity index (χ0n) is 6.24. The molecule has 5 heteroatoms. The van der Waals surface area contributed by atoms with Gasteiger partial charge < -0.3 is 19.4 Å². The first kappa shape index (κ1) is 10.1. The van der Waals surface area contributed by atoms with Crippen LogP contribution >= 0.6 is 0 Å². The predicted molar refractivity (Wildman–Crippen MR) is 38.7 cm³/mol. The summed E-state index contributed by atoms with van der Waals surface area (Å²) in [5.74, 6) is 0. The van der Waals surface area contributed by atoms with Crippen LogP contribution in [0, 0.1) is 0 Å². The Labute approximate surface area is 61.3 Å². The zero-order chi connectivity index (χ0) is 8.20. The fourth-order valence-electron chi connectivity index (χ4n) is 0.585. The Kier molecular flexibility index (Phi) is 4.07. The van der Waals surface area contributed by atoms with Gasteiger partial charge in [0, 0.05) is 13.2 Å². The molecule has 3 N–H and O–H groups in total. The molecular formula is C5H14O4Si. The van der Waals surface area contributed by atoms with Gasteiger partial charge in [-0.3, -0.25) is 0 Å². The number of aliphatic hydroxyl groups is 2. The monoisotopic (exact) mass is 166 g/mol. The van der Waals surface area contributed by atoms with Crippen LogP contribution in [-0.2, 0) is 4.43 Å². The van der Waals surface area contributed by atoms with E-state index >= 15 is 0 Å². The summed E-state index contributed by atoms with van der Waals surface area (Å²) in [5.41, 5.74) is 0. The van der Waals surface area contributed by atoms with E-state index in [1.54, 1.807) is 6.55 Å². The van der Waals surface area contributed by atoms with Gasteiger partial charge in [-0.15, -0.1) is 0 Å². The summed E-state index contributed by atoms with van der Waals surface area (Å²) in [4.78, 5) is 9.27. The molecule has 0 aliphatic heterocycles. The van der Waals surface area contributed by atoms with Crippen LogP contribution in [0.25, 0.3) is 0 Å². The van der Waals surface area contributed by atoms with Crippen molar-refractivity contribution in [3.63, 3.8) is 0 Å². The number of rotatable bonds is 4. The number of aliphatic hydroxyl groups excluding tert-OH is 2. The molecule has 0 aromatic carbocycles. The van der Waals surface area contributed by atoms with Gasteiger partial charge in [0.2, 0.25) is 0 Å². The van der Waals surface area contributed by atoms with Gasteiger partial charge in [-0.1, -0.05) is 0 Å². The average Bonchev–Trinajstić information content (AvgIpc) is 1.87. The largest absolute Gasteiger partial charge is 0.411 e. The molecule has 2 atom stereocenters. The molecule has 0 saturated carbocycles. The molecule has 0 bridgehead atoms. The van der Waals surface area contributed by atoms with E-state index < -0.39 is 14.7 Å². The topological polar surface area (TPSA) is 69.9 Å². The Morgan fingerprint density at radius 3 is 2.40 bits per heavy atom. The van der Waals surface area contributed by atoms with Crippen molar-refractivity contribution in [3.05, 3.63) is 0 Å². The van der Waals surface area contributed by atoms with Crippen LogP contribution in [0.2, 0.25) is 12.6 Å². The van der Waals surface area contributed by atoms with Gasteiger partial charge in [0.25, 0.3) is 0 Å². The molecule has 10 heavy (non-hydrogen) atoms. The highest BCUT2D eigenvalue weighted by Gasteiger charge is 2.28. The van der Waals surface area contributed by atoms with Crippen LogP contribution < -0.4 is 0 Å². The van der Waals surface area contributed by atoms with Gasteiger partial charge >= 0.3 is 8.56 Å². The van der Waals surface area contributed by atoms with E-state index in [1.165, 1.54) is 7.11 Å². The Hall–Kier alpha value is 0.0569. The van der Waals surface area contributed by atoms with Crippen molar-refractivity contribution in [1.29, 1.82) is 0 Å². The van der Waals surface area contributed by atoms with Crippen LogP contribution in [0.4, 0.5) is 0 Å². The molecule has 0 spiro atoms. The zero-order valence-corrected chi connectivity index (χ0v) is 7.24. The first-order valence-corrected chi connectivity index (χ1v) is 5.64. The van der Waals surface area contributed by atoms with Gasteiger partial charge in [-0.2, -0.15) is 0 Å². The lowest BCUT2D eigenvalue weighted by Gasteiger charge is -2.19. The summed E-state index contributed by atoms with van der Waals surface area (Å²) in [6.45, 7) is 1.23. The molecule has 0 amide bonds. The Morgan fingerprint density at radius 2 is 2.10 bits per heavy atom. The highest BCUT2D eigenvalue weighted by molar-refractivity contribution is 6.64. The number of hydrogen-bond donors (Lipinski definition) is 3. The molecule has 0 radical (unpaired) electrons. The second-order valence-electron chi connectivity index (χ2n) is 2.42. The molecule has 62 valence electrons. The summed E-state index contributed by atoms with van der Waals surface area (Å²) in [5, 5.41) is 17.3. The standard InChI is InChI=1S/C5H14O4Si/c1-9-10(2,8)4-5(7)3-6/h5-8H,3-4H2,1-2H3. The minimum absolute atomic E-state index is 0.153. The third kappa shape index (κ3) is 3.97. The van der Waals surface area contributed by atoms with Crippen LogP contribution in [-0.4, -0.2) is 43.4 Å². The maximum Gasteiger partial charge on any atom is 0.334 e. The fraction of sp³-hybridized carbons (Fsp3) is 1.00. The molecule has 0 heterocycles. The first-order chi connectivity index (χ1) is 4.52. The predicted octanol–water partition coefficient (Wildman–Crippen LogP) is -0.950. The van der Waals surface area contributed by atoms with Crippen LogP contribution in [0.5, 0.6) is 0 Å². The molecule has 0 aromatic rings. The smallest absolute Gasteiger partial charge is 0.334 e. The third-order valence-electron chi connectivity index (χ3n) is 1.26. The van der Waals surface area contributed by atoms with Gasteiger partial charge in [-0.25, -0.2) is 0 Å². The normalized spacial score (nSPS) is 20.1. The molecule has 4 nitrogen and oxygen atoms in total. The van der Waals surface area contributed by atoms with Crippen molar-refractivity contribution < 1.29 is 19.4 Å². The maximum atomic E-state index is 9.27. The average molecular weight is 166 g/mol. The molecule has 0 fully saturated rings. The summed E-state index contributed by atoms with van der Waals surface area (Å²) in [7, 11) is -1.27. The molecule has 0 aliphatic rings. The maximum absolute atomic E-state index is 9.27. The molecule has 0 rings (SSSR count). The lowest BCUT2D eigenvalue weighted by molar-refractivity contribution is 0.100. The molecule has 2 unspecified atom stereocenters. The van der Waals surface area contributed by atoms with Gasteiger partial charge in [0.05, 0.1) is 12.7 Å². The molecule has 0 aromatic heterocycles. The highest BCUT2D eigenvalue weighted by Crippen LogP contribution is 2.08. The van der Waals surface area contributed by atoms with Crippen molar-refractivity contribution >= 4 is 8.56 Å². The first-order valence-electron chi connectivity index (χ1n) is 3.08. The summed E-state index contributed by atoms with van der Waals surface area (Å²) < 4.78 is 4.73. The van der Waals surface area contributed by atoms with E-state index in [9.17, 15) is 4.80 Å². The van der Waals surface area contributed by atoms with E-state index in [2.05, 4.69) is 0 Å². The van der Waals surface area contributed by atoms with Crippen LogP contribution in [0.1, 0.15) is 0 Å². The SMILES string of the molecule is CO[Si](C)(O)CC(O)CO. The van der Waals surface area contributed by atoms with Crippen LogP contribution in [0.15, 0.2) is 0 Å². The molecule has 0 saturated heterocycles. The molecule has 0 aliphatic carbocycles. The van der Waals surface area contributed by atoms with Crippen molar-refractivity contribution in [2.24, 2.45) is 0 Å². The number of hydrogen-bond acceptors (Lipinski definition) is 4. The Balaban J connectivity index is 3.64. The highest BCUT2D eigenvalue weighted by atomic mass is 28.4. The summed E-state index contributed by atoms with van der Waals surface area (Å²) >= 11 is 0. The van der Waals surface area contributed by atoms with Gasteiger partial charge in [0.15, 0.2) is 0 Å². The summed E-state index contributed by atoms with van der Waals surface area (Å²) in [6.07, 6.45) is -0.860. The fourth-order valence-corrected chi connectivity index (χ4v) is 1.76. The summed E-state index contributed by atoms with van der Waals surface area (Å²) in [6, 6.07) is 0.153. The second-order valence-corrected chi connectivity index (χ2v) is 5.59. The van der Waals surface area contributed by atoms with Crippen molar-refractivity contribution in [2.45, 2.75) is 18.7 Å². The Bertz CT molecular complexity index is 95.6. The van der Waals surface area contributed by atoms with E-state index in [-0.39, 0.29) is 12.7 Å². The molecular weight excluding hydrogens is 152 g/mol. The van der Waals surface area contributed by atoms with Crippen molar-refractivity contribution in [3.8, 4) is 0 Å². The van der Waals surface area contributed by atoms with E-state index in [0.717, 1.165) is 0 Å². The minimum atomic E-state index is -2.67.